The van der Waals surface area contributed by atoms with Gasteiger partial charge in [-0.25, -0.2) is 4.68 Å². The van der Waals surface area contributed by atoms with Gasteiger partial charge in [0, 0.05) is 16.6 Å². The van der Waals surface area contributed by atoms with Gasteiger partial charge in [0.1, 0.15) is 12.3 Å². The van der Waals surface area contributed by atoms with Crippen LogP contribution in [0.4, 0.5) is 18.9 Å². The molecule has 0 radical (unpaired) electrons. The SMILES string of the molecule is O=C(Cn1nc(C(F)(F)F)cc1C1CC1)Nc1cnn(COc2cccc(Cl)c2)c1. The summed E-state index contributed by atoms with van der Waals surface area (Å²) < 4.78 is 47.0. The Hall–Kier alpha value is -3.01. The molecule has 1 aliphatic rings. The first kappa shape index (κ1) is 20.3. The summed E-state index contributed by atoms with van der Waals surface area (Å²) in [7, 11) is 0. The summed E-state index contributed by atoms with van der Waals surface area (Å²) in [6, 6.07) is 7.90. The fraction of sp³-hybridized carbons (Fsp3) is 0.316. The Balaban J connectivity index is 1.36. The highest BCUT2D eigenvalue weighted by molar-refractivity contribution is 6.30. The molecule has 0 saturated heterocycles. The number of halogens is 4. The van der Waals surface area contributed by atoms with E-state index in [1.54, 1.807) is 30.5 Å². The van der Waals surface area contributed by atoms with Crippen LogP contribution in [0.2, 0.25) is 5.02 Å². The Morgan fingerprint density at radius 3 is 2.80 bits per heavy atom. The number of hydrogen-bond acceptors (Lipinski definition) is 4. The normalized spacial score (nSPS) is 14.0. The van der Waals surface area contributed by atoms with Crippen molar-refractivity contribution in [2.75, 3.05) is 5.32 Å². The Kier molecular flexibility index (Phi) is 5.42. The van der Waals surface area contributed by atoms with E-state index in [0.29, 0.717) is 22.2 Å². The van der Waals surface area contributed by atoms with E-state index in [2.05, 4.69) is 15.5 Å². The second-order valence-corrected chi connectivity index (χ2v) is 7.37. The summed E-state index contributed by atoms with van der Waals surface area (Å²) in [5, 5.41) is 10.8. The molecule has 0 aliphatic heterocycles. The first-order valence-corrected chi connectivity index (χ1v) is 9.51. The molecule has 1 aromatic carbocycles. The summed E-state index contributed by atoms with van der Waals surface area (Å²) in [4.78, 5) is 12.3. The molecule has 30 heavy (non-hydrogen) atoms. The molecule has 1 N–H and O–H groups in total. The summed E-state index contributed by atoms with van der Waals surface area (Å²) in [6.07, 6.45) is 0.0171. The largest absolute Gasteiger partial charge is 0.471 e. The van der Waals surface area contributed by atoms with Gasteiger partial charge in [-0.1, -0.05) is 17.7 Å². The molecule has 0 atom stereocenters. The molecule has 1 fully saturated rings. The van der Waals surface area contributed by atoms with E-state index in [0.717, 1.165) is 23.6 Å². The van der Waals surface area contributed by atoms with E-state index in [-0.39, 0.29) is 19.2 Å². The molecular formula is C19H17ClF3N5O2. The molecule has 2 heterocycles. The van der Waals surface area contributed by atoms with Crippen molar-refractivity contribution < 1.29 is 22.7 Å². The molecule has 158 valence electrons. The van der Waals surface area contributed by atoms with Crippen molar-refractivity contribution in [2.45, 2.75) is 38.2 Å². The number of rotatable bonds is 7. The molecule has 3 aromatic rings. The maximum atomic E-state index is 13.0. The lowest BCUT2D eigenvalue weighted by atomic mass is 10.2. The number of amides is 1. The number of nitrogens with zero attached hydrogens (tertiary/aromatic N) is 4. The highest BCUT2D eigenvalue weighted by Crippen LogP contribution is 2.42. The van der Waals surface area contributed by atoms with Gasteiger partial charge < -0.3 is 10.1 Å². The first-order chi connectivity index (χ1) is 14.3. The number of hydrogen-bond donors (Lipinski definition) is 1. The van der Waals surface area contributed by atoms with Crippen LogP contribution in [0, 0.1) is 0 Å². The fourth-order valence-electron chi connectivity index (χ4n) is 2.94. The van der Waals surface area contributed by atoms with E-state index in [1.165, 1.54) is 10.9 Å². The van der Waals surface area contributed by atoms with Crippen molar-refractivity contribution in [1.29, 1.82) is 0 Å². The number of ether oxygens (including phenoxy) is 1. The molecule has 0 unspecified atom stereocenters. The van der Waals surface area contributed by atoms with E-state index in [4.69, 9.17) is 16.3 Å². The van der Waals surface area contributed by atoms with Crippen molar-refractivity contribution in [1.82, 2.24) is 19.6 Å². The van der Waals surface area contributed by atoms with Gasteiger partial charge in [0.05, 0.1) is 18.1 Å². The van der Waals surface area contributed by atoms with Gasteiger partial charge >= 0.3 is 6.18 Å². The van der Waals surface area contributed by atoms with Crippen LogP contribution in [-0.4, -0.2) is 25.5 Å². The Morgan fingerprint density at radius 1 is 1.30 bits per heavy atom. The number of carbonyl (C=O) groups is 1. The number of anilines is 1. The van der Waals surface area contributed by atoms with Crippen LogP contribution < -0.4 is 10.1 Å². The molecule has 1 aliphatic carbocycles. The van der Waals surface area contributed by atoms with Crippen LogP contribution >= 0.6 is 11.6 Å². The number of carbonyl (C=O) groups excluding carboxylic acids is 1. The van der Waals surface area contributed by atoms with Gasteiger partial charge in [-0.05, 0) is 37.1 Å². The van der Waals surface area contributed by atoms with Crippen LogP contribution in [0.1, 0.15) is 30.1 Å². The van der Waals surface area contributed by atoms with Crippen LogP contribution in [-0.2, 0) is 24.2 Å². The third-order valence-corrected chi connectivity index (χ3v) is 4.70. The Morgan fingerprint density at radius 2 is 2.10 bits per heavy atom. The van der Waals surface area contributed by atoms with Crippen molar-refractivity contribution >= 4 is 23.2 Å². The average Bonchev–Trinajstić information content (AvgIpc) is 3.27. The number of aromatic nitrogens is 4. The van der Waals surface area contributed by atoms with Gasteiger partial charge in [0.2, 0.25) is 5.91 Å². The minimum absolute atomic E-state index is 0.0211. The number of benzene rings is 1. The van der Waals surface area contributed by atoms with Gasteiger partial charge in [-0.2, -0.15) is 23.4 Å². The molecular weight excluding hydrogens is 423 g/mol. The summed E-state index contributed by atoms with van der Waals surface area (Å²) in [6.45, 7) is -0.220. The topological polar surface area (TPSA) is 74.0 Å². The minimum atomic E-state index is -4.55. The van der Waals surface area contributed by atoms with Crippen LogP contribution in [0.5, 0.6) is 5.75 Å². The smallest absolute Gasteiger partial charge is 0.435 e. The Labute approximate surface area is 174 Å². The van der Waals surface area contributed by atoms with E-state index in [9.17, 15) is 18.0 Å². The molecule has 0 bridgehead atoms. The molecule has 1 saturated carbocycles. The molecule has 4 rings (SSSR count). The quantitative estimate of drug-likeness (QED) is 0.595. The van der Waals surface area contributed by atoms with Gasteiger partial charge in [0.25, 0.3) is 0 Å². The van der Waals surface area contributed by atoms with Crippen molar-refractivity contribution in [2.24, 2.45) is 0 Å². The Bertz CT molecular complexity index is 1060. The van der Waals surface area contributed by atoms with Crippen molar-refractivity contribution in [3.05, 3.63) is 59.1 Å². The highest BCUT2D eigenvalue weighted by Gasteiger charge is 2.38. The first-order valence-electron chi connectivity index (χ1n) is 9.13. The number of alkyl halides is 3. The summed E-state index contributed by atoms with van der Waals surface area (Å²) in [5.74, 6) is 0.0900. The maximum Gasteiger partial charge on any atom is 0.435 e. The fourth-order valence-corrected chi connectivity index (χ4v) is 3.12. The van der Waals surface area contributed by atoms with Crippen molar-refractivity contribution in [3.8, 4) is 5.75 Å². The van der Waals surface area contributed by atoms with Crippen LogP contribution in [0.15, 0.2) is 42.7 Å². The summed E-state index contributed by atoms with van der Waals surface area (Å²) in [5.41, 5.74) is -0.155. The van der Waals surface area contributed by atoms with E-state index >= 15 is 0 Å². The lowest BCUT2D eigenvalue weighted by molar-refractivity contribution is -0.141. The molecule has 11 heteroatoms. The lowest BCUT2D eigenvalue weighted by Gasteiger charge is -2.07. The second kappa shape index (κ2) is 8.02. The van der Waals surface area contributed by atoms with Gasteiger partial charge in [-0.15, -0.1) is 0 Å². The summed E-state index contributed by atoms with van der Waals surface area (Å²) >= 11 is 5.90. The van der Waals surface area contributed by atoms with Crippen LogP contribution in [0.25, 0.3) is 0 Å². The highest BCUT2D eigenvalue weighted by atomic mass is 35.5. The molecule has 0 spiro atoms. The molecule has 2 aromatic heterocycles. The number of nitrogens with one attached hydrogen (secondary N) is 1. The van der Waals surface area contributed by atoms with Gasteiger partial charge in [0.15, 0.2) is 12.4 Å². The molecule has 1 amide bonds. The average molecular weight is 440 g/mol. The standard InChI is InChI=1S/C19H17ClF3N5O2/c20-13-2-1-3-15(6-13)30-11-27-9-14(8-24-27)25-18(29)10-28-16(12-4-5-12)7-17(26-28)19(21,22)23/h1-3,6-9,12H,4-5,10-11H2,(H,25,29). The van der Waals surface area contributed by atoms with Gasteiger partial charge in [-0.3, -0.25) is 9.48 Å². The zero-order valence-electron chi connectivity index (χ0n) is 15.6. The minimum Gasteiger partial charge on any atom is -0.471 e. The van der Waals surface area contributed by atoms with Crippen LogP contribution in [0.3, 0.4) is 0 Å². The van der Waals surface area contributed by atoms with Crippen molar-refractivity contribution in [3.63, 3.8) is 0 Å². The van der Waals surface area contributed by atoms with E-state index < -0.39 is 17.8 Å². The second-order valence-electron chi connectivity index (χ2n) is 6.93. The third-order valence-electron chi connectivity index (χ3n) is 4.47. The zero-order valence-corrected chi connectivity index (χ0v) is 16.3. The zero-order chi connectivity index (χ0) is 21.3. The predicted molar refractivity (Wildman–Crippen MR) is 102 cm³/mol. The monoisotopic (exact) mass is 439 g/mol. The predicted octanol–water partition coefficient (Wildman–Crippen LogP) is 4.30. The maximum absolute atomic E-state index is 13.0. The lowest BCUT2D eigenvalue weighted by Crippen LogP contribution is -2.21. The third kappa shape index (κ3) is 4.93. The van der Waals surface area contributed by atoms with E-state index in [1.807, 2.05) is 0 Å². The molecule has 7 nitrogen and oxygen atoms in total.